The van der Waals surface area contributed by atoms with E-state index in [1.54, 1.807) is 22.7 Å². The molecule has 16 heavy (non-hydrogen) atoms. The van der Waals surface area contributed by atoms with E-state index in [-0.39, 0.29) is 6.04 Å². The standard InChI is InChI=1S/C11H11Cl2NS2/c1-6-5-8(16-11(6)13)9(14-2)10-7(12)3-4-15-10/h3-5,9,14H,1-2H3. The van der Waals surface area contributed by atoms with Gasteiger partial charge in [-0.05, 0) is 37.0 Å². The zero-order chi connectivity index (χ0) is 11.7. The van der Waals surface area contributed by atoms with Crippen LogP contribution < -0.4 is 5.32 Å². The quantitative estimate of drug-likeness (QED) is 0.862. The fourth-order valence-corrected chi connectivity index (χ4v) is 4.25. The predicted molar refractivity (Wildman–Crippen MR) is 74.3 cm³/mol. The lowest BCUT2D eigenvalue weighted by Gasteiger charge is -2.13. The van der Waals surface area contributed by atoms with Crippen LogP contribution in [0.4, 0.5) is 0 Å². The van der Waals surface area contributed by atoms with Gasteiger partial charge in [0.2, 0.25) is 0 Å². The second-order valence-corrected chi connectivity index (χ2v) is 6.50. The van der Waals surface area contributed by atoms with Crippen LogP contribution in [0.1, 0.15) is 21.4 Å². The van der Waals surface area contributed by atoms with E-state index in [2.05, 4.69) is 11.4 Å². The third-order valence-corrected chi connectivity index (χ3v) is 5.40. The van der Waals surface area contributed by atoms with E-state index in [1.807, 2.05) is 25.4 Å². The first-order valence-corrected chi connectivity index (χ1v) is 7.24. The van der Waals surface area contributed by atoms with Crippen molar-refractivity contribution in [3.63, 3.8) is 0 Å². The highest BCUT2D eigenvalue weighted by Crippen LogP contribution is 2.38. The Bertz CT molecular complexity index is 470. The van der Waals surface area contributed by atoms with Gasteiger partial charge in [-0.15, -0.1) is 22.7 Å². The molecule has 0 amide bonds. The summed E-state index contributed by atoms with van der Waals surface area (Å²) in [6.07, 6.45) is 0. The summed E-state index contributed by atoms with van der Waals surface area (Å²) in [5.41, 5.74) is 1.12. The van der Waals surface area contributed by atoms with Gasteiger partial charge in [0.1, 0.15) is 0 Å². The normalized spacial score (nSPS) is 13.0. The van der Waals surface area contributed by atoms with Crippen LogP contribution in [0, 0.1) is 6.92 Å². The Morgan fingerprint density at radius 2 is 2.12 bits per heavy atom. The van der Waals surface area contributed by atoms with Crippen LogP contribution >= 0.6 is 45.9 Å². The highest BCUT2D eigenvalue weighted by atomic mass is 35.5. The van der Waals surface area contributed by atoms with Crippen molar-refractivity contribution in [2.24, 2.45) is 0 Å². The maximum absolute atomic E-state index is 6.15. The Balaban J connectivity index is 2.40. The van der Waals surface area contributed by atoms with E-state index in [0.29, 0.717) is 0 Å². The van der Waals surface area contributed by atoms with Crippen molar-refractivity contribution in [2.45, 2.75) is 13.0 Å². The van der Waals surface area contributed by atoms with Gasteiger partial charge in [0.25, 0.3) is 0 Å². The van der Waals surface area contributed by atoms with E-state index in [0.717, 1.165) is 19.8 Å². The van der Waals surface area contributed by atoms with Gasteiger partial charge in [-0.2, -0.15) is 0 Å². The van der Waals surface area contributed by atoms with Crippen molar-refractivity contribution in [3.8, 4) is 0 Å². The molecule has 1 N–H and O–H groups in total. The molecule has 0 saturated carbocycles. The van der Waals surface area contributed by atoms with Crippen molar-refractivity contribution >= 4 is 45.9 Å². The van der Waals surface area contributed by atoms with Crippen LogP contribution in [-0.4, -0.2) is 7.05 Å². The molecule has 0 aliphatic rings. The van der Waals surface area contributed by atoms with Gasteiger partial charge in [-0.3, -0.25) is 0 Å². The third-order valence-electron chi connectivity index (χ3n) is 2.36. The second-order valence-electron chi connectivity index (χ2n) is 3.46. The minimum Gasteiger partial charge on any atom is -0.308 e. The first-order chi connectivity index (χ1) is 7.63. The van der Waals surface area contributed by atoms with Crippen LogP contribution in [0.15, 0.2) is 17.5 Å². The van der Waals surface area contributed by atoms with E-state index in [9.17, 15) is 0 Å². The SMILES string of the molecule is CNC(c1cc(C)c(Cl)s1)c1sccc1Cl. The minimum atomic E-state index is 0.142. The molecule has 0 bridgehead atoms. The van der Waals surface area contributed by atoms with Crippen molar-refractivity contribution in [2.75, 3.05) is 7.05 Å². The first-order valence-electron chi connectivity index (χ1n) is 4.79. The molecule has 0 aliphatic heterocycles. The molecule has 2 aromatic heterocycles. The molecule has 0 aliphatic carbocycles. The van der Waals surface area contributed by atoms with Gasteiger partial charge >= 0.3 is 0 Å². The molecular formula is C11H11Cl2NS2. The summed E-state index contributed by atoms with van der Waals surface area (Å²) in [6.45, 7) is 2.02. The van der Waals surface area contributed by atoms with Gasteiger partial charge in [0, 0.05) is 9.75 Å². The molecule has 5 heteroatoms. The molecule has 0 spiro atoms. The van der Waals surface area contributed by atoms with E-state index in [1.165, 1.54) is 4.88 Å². The number of hydrogen-bond donors (Lipinski definition) is 1. The second kappa shape index (κ2) is 5.07. The number of nitrogens with one attached hydrogen (secondary N) is 1. The number of rotatable bonds is 3. The molecule has 0 aromatic carbocycles. The maximum atomic E-state index is 6.15. The largest absolute Gasteiger partial charge is 0.308 e. The first kappa shape index (κ1) is 12.4. The Morgan fingerprint density at radius 1 is 1.38 bits per heavy atom. The highest BCUT2D eigenvalue weighted by Gasteiger charge is 2.19. The number of halogens is 2. The van der Waals surface area contributed by atoms with Gasteiger partial charge in [-0.25, -0.2) is 0 Å². The van der Waals surface area contributed by atoms with Crippen molar-refractivity contribution in [1.29, 1.82) is 0 Å². The lowest BCUT2D eigenvalue weighted by molar-refractivity contribution is 0.716. The molecule has 2 aromatic rings. The Kier molecular flexibility index (Phi) is 3.93. The summed E-state index contributed by atoms with van der Waals surface area (Å²) in [6, 6.07) is 4.18. The summed E-state index contributed by atoms with van der Waals surface area (Å²) < 4.78 is 0.850. The Hall–Kier alpha value is -0.0600. The molecule has 2 heterocycles. The van der Waals surface area contributed by atoms with Crippen molar-refractivity contribution in [3.05, 3.63) is 42.2 Å². The zero-order valence-corrected chi connectivity index (χ0v) is 12.0. The third kappa shape index (κ3) is 2.29. The van der Waals surface area contributed by atoms with Crippen LogP contribution in [0.25, 0.3) is 0 Å². The maximum Gasteiger partial charge on any atom is 0.0961 e. The molecule has 0 radical (unpaired) electrons. The average Bonchev–Trinajstić information content (AvgIpc) is 2.78. The van der Waals surface area contributed by atoms with E-state index in [4.69, 9.17) is 23.2 Å². The molecule has 1 unspecified atom stereocenters. The van der Waals surface area contributed by atoms with Gasteiger partial charge in [0.05, 0.1) is 15.4 Å². The van der Waals surface area contributed by atoms with E-state index < -0.39 is 0 Å². The lowest BCUT2D eigenvalue weighted by atomic mass is 10.2. The van der Waals surface area contributed by atoms with Crippen LogP contribution in [0.3, 0.4) is 0 Å². The van der Waals surface area contributed by atoms with Crippen LogP contribution in [-0.2, 0) is 0 Å². The van der Waals surface area contributed by atoms with Gasteiger partial charge in [0.15, 0.2) is 0 Å². The predicted octanol–water partition coefficient (Wildman–Crippen LogP) is 4.73. The Labute approximate surface area is 113 Å². The average molecular weight is 292 g/mol. The monoisotopic (exact) mass is 291 g/mol. The fourth-order valence-electron chi connectivity index (χ4n) is 1.54. The number of aryl methyl sites for hydroxylation is 1. The molecule has 1 atom stereocenters. The molecule has 86 valence electrons. The van der Waals surface area contributed by atoms with Crippen LogP contribution in [0.5, 0.6) is 0 Å². The molecular weight excluding hydrogens is 281 g/mol. The summed E-state index contributed by atoms with van der Waals surface area (Å²) in [7, 11) is 1.93. The van der Waals surface area contributed by atoms with E-state index >= 15 is 0 Å². The highest BCUT2D eigenvalue weighted by molar-refractivity contribution is 7.16. The smallest absolute Gasteiger partial charge is 0.0961 e. The summed E-state index contributed by atoms with van der Waals surface area (Å²) >= 11 is 15.5. The fraction of sp³-hybridized carbons (Fsp3) is 0.273. The summed E-state index contributed by atoms with van der Waals surface area (Å²) in [5, 5.41) is 6.10. The van der Waals surface area contributed by atoms with Crippen molar-refractivity contribution < 1.29 is 0 Å². The zero-order valence-electron chi connectivity index (χ0n) is 8.88. The summed E-state index contributed by atoms with van der Waals surface area (Å²) in [4.78, 5) is 2.34. The molecule has 0 fully saturated rings. The minimum absolute atomic E-state index is 0.142. The van der Waals surface area contributed by atoms with Crippen molar-refractivity contribution in [1.82, 2.24) is 5.32 Å². The molecule has 2 rings (SSSR count). The van der Waals surface area contributed by atoms with Crippen LogP contribution in [0.2, 0.25) is 9.36 Å². The lowest BCUT2D eigenvalue weighted by Crippen LogP contribution is -2.15. The topological polar surface area (TPSA) is 12.0 Å². The number of hydrogen-bond acceptors (Lipinski definition) is 3. The molecule has 0 saturated heterocycles. The Morgan fingerprint density at radius 3 is 2.56 bits per heavy atom. The van der Waals surface area contributed by atoms with Gasteiger partial charge < -0.3 is 5.32 Å². The number of thiophene rings is 2. The molecule has 1 nitrogen and oxygen atoms in total. The van der Waals surface area contributed by atoms with Gasteiger partial charge in [-0.1, -0.05) is 23.2 Å². The summed E-state index contributed by atoms with van der Waals surface area (Å²) in [5.74, 6) is 0.